The van der Waals surface area contributed by atoms with Crippen molar-refractivity contribution >= 4 is 21.6 Å². The lowest BCUT2D eigenvalue weighted by atomic mass is 10.3. The lowest BCUT2D eigenvalue weighted by molar-refractivity contribution is -0.116. The average Bonchev–Trinajstić information content (AvgIpc) is 2.57. The number of benzene rings is 2. The molecule has 2 aromatic carbocycles. The van der Waals surface area contributed by atoms with Crippen molar-refractivity contribution < 1.29 is 22.3 Å². The lowest BCUT2D eigenvalue weighted by Gasteiger charge is -2.08. The van der Waals surface area contributed by atoms with Crippen LogP contribution in [0.4, 0.5) is 10.1 Å². The molecule has 0 aliphatic heterocycles. The second-order valence-electron chi connectivity index (χ2n) is 4.88. The molecule has 0 heterocycles. The molecule has 6 nitrogen and oxygen atoms in total. The van der Waals surface area contributed by atoms with Crippen LogP contribution in [0.3, 0.4) is 0 Å². The number of anilines is 1. The van der Waals surface area contributed by atoms with Crippen LogP contribution in [0.1, 0.15) is 6.42 Å². The van der Waals surface area contributed by atoms with E-state index >= 15 is 0 Å². The van der Waals surface area contributed by atoms with Gasteiger partial charge in [-0.3, -0.25) is 4.79 Å². The van der Waals surface area contributed by atoms with E-state index in [1.54, 1.807) is 0 Å². The highest BCUT2D eigenvalue weighted by Crippen LogP contribution is 2.15. The van der Waals surface area contributed by atoms with Crippen molar-refractivity contribution in [2.75, 3.05) is 19.0 Å². The van der Waals surface area contributed by atoms with Gasteiger partial charge in [-0.05, 0) is 48.5 Å². The van der Waals surface area contributed by atoms with E-state index in [4.69, 9.17) is 4.74 Å². The lowest BCUT2D eigenvalue weighted by Crippen LogP contribution is -2.27. The predicted octanol–water partition coefficient (Wildman–Crippen LogP) is 2.14. The minimum absolute atomic E-state index is 0.0488. The number of halogens is 1. The van der Waals surface area contributed by atoms with Gasteiger partial charge in [0.1, 0.15) is 11.6 Å². The van der Waals surface area contributed by atoms with Gasteiger partial charge in [-0.2, -0.15) is 0 Å². The zero-order valence-corrected chi connectivity index (χ0v) is 13.8. The van der Waals surface area contributed by atoms with E-state index in [2.05, 4.69) is 10.0 Å². The Morgan fingerprint density at radius 1 is 1.08 bits per heavy atom. The standard InChI is InChI=1S/C16H17FN2O4S/c1-23-14-6-8-15(9-7-14)24(21,22)18-11-10-16(20)19-13-4-2-12(17)3-5-13/h2-9,18H,10-11H2,1H3,(H,19,20). The molecule has 2 N–H and O–H groups in total. The first-order valence-electron chi connectivity index (χ1n) is 7.10. The first-order chi connectivity index (χ1) is 11.4. The van der Waals surface area contributed by atoms with Crippen LogP contribution in [0.5, 0.6) is 5.75 Å². The summed E-state index contributed by atoms with van der Waals surface area (Å²) in [5, 5.41) is 2.55. The molecule has 0 aliphatic carbocycles. The second kappa shape index (κ2) is 7.89. The smallest absolute Gasteiger partial charge is 0.240 e. The van der Waals surface area contributed by atoms with E-state index in [-0.39, 0.29) is 23.8 Å². The number of amides is 1. The molecule has 0 atom stereocenters. The number of sulfonamides is 1. The predicted molar refractivity (Wildman–Crippen MR) is 87.8 cm³/mol. The molecule has 24 heavy (non-hydrogen) atoms. The Morgan fingerprint density at radius 3 is 2.29 bits per heavy atom. The van der Waals surface area contributed by atoms with E-state index < -0.39 is 15.8 Å². The number of methoxy groups -OCH3 is 1. The SMILES string of the molecule is COc1ccc(S(=O)(=O)NCCC(=O)Nc2ccc(F)cc2)cc1. The molecule has 0 saturated carbocycles. The first-order valence-corrected chi connectivity index (χ1v) is 8.58. The van der Waals surface area contributed by atoms with E-state index in [9.17, 15) is 17.6 Å². The summed E-state index contributed by atoms with van der Waals surface area (Å²) in [6.07, 6.45) is -0.0488. The summed E-state index contributed by atoms with van der Waals surface area (Å²) in [5.41, 5.74) is 0.444. The van der Waals surface area contributed by atoms with Crippen LogP contribution in [-0.2, 0) is 14.8 Å². The average molecular weight is 352 g/mol. The molecule has 0 aliphatic rings. The van der Waals surface area contributed by atoms with Gasteiger partial charge >= 0.3 is 0 Å². The summed E-state index contributed by atoms with van der Waals surface area (Å²) in [5.74, 6) is -0.230. The molecule has 2 rings (SSSR count). The van der Waals surface area contributed by atoms with Crippen molar-refractivity contribution in [1.29, 1.82) is 0 Å². The normalized spacial score (nSPS) is 11.1. The van der Waals surface area contributed by atoms with Crippen LogP contribution in [0.2, 0.25) is 0 Å². The number of carbonyl (C=O) groups is 1. The number of nitrogens with one attached hydrogen (secondary N) is 2. The molecule has 128 valence electrons. The molecule has 2 aromatic rings. The number of carbonyl (C=O) groups excluding carboxylic acids is 1. The fourth-order valence-electron chi connectivity index (χ4n) is 1.89. The minimum Gasteiger partial charge on any atom is -0.497 e. The van der Waals surface area contributed by atoms with Crippen LogP contribution in [0.25, 0.3) is 0 Å². The molecule has 0 saturated heterocycles. The summed E-state index contributed by atoms with van der Waals surface area (Å²) in [7, 11) is -2.21. The molecule has 8 heteroatoms. The highest BCUT2D eigenvalue weighted by molar-refractivity contribution is 7.89. The zero-order chi connectivity index (χ0) is 17.6. The number of hydrogen-bond acceptors (Lipinski definition) is 4. The van der Waals surface area contributed by atoms with Gasteiger partial charge in [0.2, 0.25) is 15.9 Å². The minimum atomic E-state index is -3.69. The maximum atomic E-state index is 12.8. The zero-order valence-electron chi connectivity index (χ0n) is 13.0. The number of ether oxygens (including phenoxy) is 1. The monoisotopic (exact) mass is 352 g/mol. The number of hydrogen-bond donors (Lipinski definition) is 2. The van der Waals surface area contributed by atoms with Gasteiger partial charge in [0.15, 0.2) is 0 Å². The molecule has 1 amide bonds. The van der Waals surface area contributed by atoms with Gasteiger partial charge in [0.25, 0.3) is 0 Å². The van der Waals surface area contributed by atoms with Crippen molar-refractivity contribution in [3.63, 3.8) is 0 Å². The van der Waals surface area contributed by atoms with Crippen molar-refractivity contribution in [2.24, 2.45) is 0 Å². The third-order valence-corrected chi connectivity index (χ3v) is 4.62. The van der Waals surface area contributed by atoms with Crippen LogP contribution in [-0.4, -0.2) is 28.0 Å². The van der Waals surface area contributed by atoms with Crippen molar-refractivity contribution in [3.05, 3.63) is 54.3 Å². The molecule has 0 bridgehead atoms. The van der Waals surface area contributed by atoms with Crippen molar-refractivity contribution in [1.82, 2.24) is 4.72 Å². The van der Waals surface area contributed by atoms with E-state index in [1.807, 2.05) is 0 Å². The Balaban J connectivity index is 1.85. The highest BCUT2D eigenvalue weighted by atomic mass is 32.2. The highest BCUT2D eigenvalue weighted by Gasteiger charge is 2.14. The third-order valence-electron chi connectivity index (χ3n) is 3.14. The van der Waals surface area contributed by atoms with Crippen LogP contribution < -0.4 is 14.8 Å². The topological polar surface area (TPSA) is 84.5 Å². The summed E-state index contributed by atoms with van der Waals surface area (Å²) in [6, 6.07) is 11.2. The molecule has 0 spiro atoms. The summed E-state index contributed by atoms with van der Waals surface area (Å²) in [4.78, 5) is 11.8. The second-order valence-corrected chi connectivity index (χ2v) is 6.65. The van der Waals surface area contributed by atoms with Gasteiger partial charge in [-0.15, -0.1) is 0 Å². The van der Waals surface area contributed by atoms with E-state index in [0.29, 0.717) is 11.4 Å². The van der Waals surface area contributed by atoms with Crippen LogP contribution in [0.15, 0.2) is 53.4 Å². The van der Waals surface area contributed by atoms with E-state index in [0.717, 1.165) is 0 Å². The maximum absolute atomic E-state index is 12.8. The molecular weight excluding hydrogens is 335 g/mol. The van der Waals surface area contributed by atoms with Gasteiger partial charge in [0, 0.05) is 18.7 Å². The van der Waals surface area contributed by atoms with Gasteiger partial charge in [-0.25, -0.2) is 17.5 Å². The largest absolute Gasteiger partial charge is 0.497 e. The third kappa shape index (κ3) is 5.04. The molecule has 0 fully saturated rings. The summed E-state index contributed by atoms with van der Waals surface area (Å²) >= 11 is 0. The Morgan fingerprint density at radius 2 is 1.71 bits per heavy atom. The van der Waals surface area contributed by atoms with Gasteiger partial charge < -0.3 is 10.1 Å². The maximum Gasteiger partial charge on any atom is 0.240 e. The summed E-state index contributed by atoms with van der Waals surface area (Å²) < 4.78 is 44.3. The van der Waals surface area contributed by atoms with E-state index in [1.165, 1.54) is 55.6 Å². The Labute approximate surface area is 139 Å². The van der Waals surface area contributed by atoms with Crippen LogP contribution >= 0.6 is 0 Å². The fraction of sp³-hybridized carbons (Fsp3) is 0.188. The first kappa shape index (κ1) is 17.9. The summed E-state index contributed by atoms with van der Waals surface area (Å²) in [6.45, 7) is -0.0542. The Bertz CT molecular complexity index is 790. The number of rotatable bonds is 7. The van der Waals surface area contributed by atoms with Gasteiger partial charge in [-0.1, -0.05) is 0 Å². The molecule has 0 unspecified atom stereocenters. The molecule has 0 aromatic heterocycles. The van der Waals surface area contributed by atoms with Crippen molar-refractivity contribution in [2.45, 2.75) is 11.3 Å². The quantitative estimate of drug-likeness (QED) is 0.800. The fourth-order valence-corrected chi connectivity index (χ4v) is 2.93. The molecule has 0 radical (unpaired) electrons. The van der Waals surface area contributed by atoms with Crippen molar-refractivity contribution in [3.8, 4) is 5.75 Å². The molecular formula is C16H17FN2O4S. The Kier molecular flexibility index (Phi) is 5.88. The van der Waals surface area contributed by atoms with Gasteiger partial charge in [0.05, 0.1) is 12.0 Å². The van der Waals surface area contributed by atoms with Crippen LogP contribution in [0, 0.1) is 5.82 Å². The Hall–Kier alpha value is -2.45.